The Labute approximate surface area is 128 Å². The molecule has 0 unspecified atom stereocenters. The maximum Gasteiger partial charge on any atom is 0.303 e. The number of aliphatic carboxylic acids is 1. The largest absolute Gasteiger partial charge is 0.481 e. The predicted octanol–water partition coefficient (Wildman–Crippen LogP) is 4.08. The van der Waals surface area contributed by atoms with Crippen molar-refractivity contribution in [3.05, 3.63) is 57.3 Å². The number of Topliss-reactive ketones (excluding diaryl/α,β-unsaturated/α-hetero) is 1. The molecule has 0 atom stereocenters. The fraction of sp³-hybridized carbons (Fsp3) is 0.294. The van der Waals surface area contributed by atoms with Crippen molar-refractivity contribution in [2.45, 2.75) is 32.6 Å². The Morgan fingerprint density at radius 3 is 2.43 bits per heavy atom. The minimum absolute atomic E-state index is 0.0383. The van der Waals surface area contributed by atoms with Crippen molar-refractivity contribution < 1.29 is 14.7 Å². The second-order valence-electron chi connectivity index (χ2n) is 5.10. The molecule has 2 rings (SSSR count). The van der Waals surface area contributed by atoms with Crippen LogP contribution in [0, 0.1) is 6.92 Å². The van der Waals surface area contributed by atoms with E-state index in [4.69, 9.17) is 5.11 Å². The lowest BCUT2D eigenvalue weighted by atomic mass is 10.1. The van der Waals surface area contributed by atoms with Crippen LogP contribution in [0.25, 0.3) is 0 Å². The molecule has 110 valence electrons. The van der Waals surface area contributed by atoms with Gasteiger partial charge < -0.3 is 5.11 Å². The maximum absolute atomic E-state index is 12.0. The summed E-state index contributed by atoms with van der Waals surface area (Å²) >= 11 is 1.50. The summed E-state index contributed by atoms with van der Waals surface area (Å²) in [5.41, 5.74) is 2.46. The van der Waals surface area contributed by atoms with Crippen molar-refractivity contribution >= 4 is 23.1 Å². The highest BCUT2D eigenvalue weighted by atomic mass is 32.1. The number of hydrogen-bond donors (Lipinski definition) is 1. The molecular formula is C17H18O3S. The first kappa shape index (κ1) is 15.4. The number of ketones is 1. The highest BCUT2D eigenvalue weighted by Gasteiger charge is 2.10. The third kappa shape index (κ3) is 4.83. The number of carboxylic acids is 1. The van der Waals surface area contributed by atoms with Crippen molar-refractivity contribution in [1.29, 1.82) is 0 Å². The minimum atomic E-state index is -0.853. The van der Waals surface area contributed by atoms with Crippen LogP contribution in [-0.4, -0.2) is 16.9 Å². The van der Waals surface area contributed by atoms with Gasteiger partial charge in [0.25, 0.3) is 0 Å². The smallest absolute Gasteiger partial charge is 0.303 e. The van der Waals surface area contributed by atoms with Gasteiger partial charge in [-0.2, -0.15) is 0 Å². The fourth-order valence-electron chi connectivity index (χ4n) is 2.05. The summed E-state index contributed by atoms with van der Waals surface area (Å²) in [5, 5.41) is 8.58. The number of hydrogen-bond acceptors (Lipinski definition) is 3. The Morgan fingerprint density at radius 1 is 1.05 bits per heavy atom. The molecule has 4 heteroatoms. The van der Waals surface area contributed by atoms with Gasteiger partial charge in [0.2, 0.25) is 0 Å². The Hall–Kier alpha value is -1.94. The summed E-state index contributed by atoms with van der Waals surface area (Å²) in [7, 11) is 0. The summed E-state index contributed by atoms with van der Waals surface area (Å²) in [6, 6.07) is 12.2. The Bertz CT molecular complexity index is 626. The number of thiophene rings is 1. The van der Waals surface area contributed by atoms with E-state index < -0.39 is 5.97 Å². The molecule has 0 aliphatic heterocycles. The Morgan fingerprint density at radius 2 is 1.76 bits per heavy atom. The minimum Gasteiger partial charge on any atom is -0.481 e. The number of carbonyl (C=O) groups excluding carboxylic acids is 1. The lowest BCUT2D eigenvalue weighted by Crippen LogP contribution is -1.99. The third-order valence-corrected chi connectivity index (χ3v) is 4.36. The van der Waals surface area contributed by atoms with Crippen LogP contribution >= 0.6 is 11.3 Å². The number of rotatable bonds is 7. The summed E-state index contributed by atoms with van der Waals surface area (Å²) < 4.78 is 0. The van der Waals surface area contributed by atoms with E-state index in [-0.39, 0.29) is 12.2 Å². The average molecular weight is 302 g/mol. The second-order valence-corrected chi connectivity index (χ2v) is 6.27. The van der Waals surface area contributed by atoms with Crippen LogP contribution in [0.1, 0.15) is 44.9 Å². The van der Waals surface area contributed by atoms with Crippen molar-refractivity contribution in [3.8, 4) is 0 Å². The molecule has 0 amide bonds. The molecule has 0 saturated carbocycles. The van der Waals surface area contributed by atoms with E-state index in [0.29, 0.717) is 12.8 Å². The van der Waals surface area contributed by atoms with Gasteiger partial charge >= 0.3 is 5.97 Å². The molecule has 0 saturated heterocycles. The first-order chi connectivity index (χ1) is 10.0. The van der Waals surface area contributed by atoms with Crippen LogP contribution in [0.3, 0.4) is 0 Å². The van der Waals surface area contributed by atoms with E-state index in [2.05, 4.69) is 31.2 Å². The Kier molecular flexibility index (Phi) is 5.28. The van der Waals surface area contributed by atoms with Crippen molar-refractivity contribution in [1.82, 2.24) is 0 Å². The lowest BCUT2D eigenvalue weighted by Gasteiger charge is -1.99. The van der Waals surface area contributed by atoms with Gasteiger partial charge in [-0.25, -0.2) is 0 Å². The number of carboxylic acid groups (broad SMARTS) is 1. The van der Waals surface area contributed by atoms with Gasteiger partial charge in [-0.1, -0.05) is 29.8 Å². The molecule has 1 heterocycles. The van der Waals surface area contributed by atoms with Gasteiger partial charge in [0.15, 0.2) is 5.78 Å². The molecule has 0 spiro atoms. The van der Waals surface area contributed by atoms with E-state index in [9.17, 15) is 9.59 Å². The topological polar surface area (TPSA) is 54.4 Å². The molecule has 2 aromatic rings. The standard InChI is InChI=1S/C17H18O3S/c1-12-5-7-13(8-6-12)11-14-9-10-16(21-14)15(18)3-2-4-17(19)20/h5-10H,2-4,11H2,1H3,(H,19,20). The van der Waals surface area contributed by atoms with E-state index in [1.165, 1.54) is 22.5 Å². The van der Waals surface area contributed by atoms with E-state index >= 15 is 0 Å². The van der Waals surface area contributed by atoms with Crippen LogP contribution in [-0.2, 0) is 11.2 Å². The summed E-state index contributed by atoms with van der Waals surface area (Å²) in [6.07, 6.45) is 1.58. The number of carbonyl (C=O) groups is 2. The molecule has 21 heavy (non-hydrogen) atoms. The molecule has 0 radical (unpaired) electrons. The zero-order valence-electron chi connectivity index (χ0n) is 12.0. The maximum atomic E-state index is 12.0. The van der Waals surface area contributed by atoms with E-state index in [1.54, 1.807) is 0 Å². The molecule has 1 aromatic heterocycles. The number of benzene rings is 1. The third-order valence-electron chi connectivity index (χ3n) is 3.23. The van der Waals surface area contributed by atoms with Crippen LogP contribution in [0.15, 0.2) is 36.4 Å². The van der Waals surface area contributed by atoms with Gasteiger partial charge in [-0.15, -0.1) is 11.3 Å². The summed E-state index contributed by atoms with van der Waals surface area (Å²) in [6.45, 7) is 2.06. The average Bonchev–Trinajstić information content (AvgIpc) is 2.89. The highest BCUT2D eigenvalue weighted by Crippen LogP contribution is 2.22. The van der Waals surface area contributed by atoms with E-state index in [0.717, 1.165) is 16.2 Å². The lowest BCUT2D eigenvalue weighted by molar-refractivity contribution is -0.137. The SMILES string of the molecule is Cc1ccc(Cc2ccc(C(=O)CCCC(=O)O)s2)cc1. The summed E-state index contributed by atoms with van der Waals surface area (Å²) in [5.74, 6) is -0.814. The monoisotopic (exact) mass is 302 g/mol. The van der Waals surface area contributed by atoms with Gasteiger partial charge in [-0.05, 0) is 31.0 Å². The molecule has 0 fully saturated rings. The van der Waals surface area contributed by atoms with Crippen LogP contribution < -0.4 is 0 Å². The molecule has 0 aliphatic rings. The zero-order chi connectivity index (χ0) is 15.2. The Balaban J connectivity index is 1.93. The second kappa shape index (κ2) is 7.18. The molecule has 1 N–H and O–H groups in total. The zero-order valence-corrected chi connectivity index (χ0v) is 12.8. The quantitative estimate of drug-likeness (QED) is 0.784. The van der Waals surface area contributed by atoms with Gasteiger partial charge in [0.05, 0.1) is 4.88 Å². The van der Waals surface area contributed by atoms with Crippen LogP contribution in [0.5, 0.6) is 0 Å². The van der Waals surface area contributed by atoms with Gasteiger partial charge in [-0.3, -0.25) is 9.59 Å². The van der Waals surface area contributed by atoms with Crippen molar-refractivity contribution in [2.24, 2.45) is 0 Å². The fourth-order valence-corrected chi connectivity index (χ4v) is 3.06. The van der Waals surface area contributed by atoms with Gasteiger partial charge in [0, 0.05) is 24.1 Å². The molecule has 3 nitrogen and oxygen atoms in total. The number of aryl methyl sites for hydroxylation is 1. The first-order valence-electron chi connectivity index (χ1n) is 6.94. The molecule has 1 aromatic carbocycles. The van der Waals surface area contributed by atoms with Crippen LogP contribution in [0.4, 0.5) is 0 Å². The normalized spacial score (nSPS) is 10.5. The molecular weight excluding hydrogens is 284 g/mol. The molecule has 0 aliphatic carbocycles. The van der Waals surface area contributed by atoms with E-state index in [1.807, 2.05) is 12.1 Å². The van der Waals surface area contributed by atoms with Crippen molar-refractivity contribution in [3.63, 3.8) is 0 Å². The van der Waals surface area contributed by atoms with Gasteiger partial charge in [0.1, 0.15) is 0 Å². The predicted molar refractivity (Wildman–Crippen MR) is 84.1 cm³/mol. The van der Waals surface area contributed by atoms with Crippen LogP contribution in [0.2, 0.25) is 0 Å². The first-order valence-corrected chi connectivity index (χ1v) is 7.75. The summed E-state index contributed by atoms with van der Waals surface area (Å²) in [4.78, 5) is 24.3. The molecule has 0 bridgehead atoms. The highest BCUT2D eigenvalue weighted by molar-refractivity contribution is 7.14. The van der Waals surface area contributed by atoms with Crippen molar-refractivity contribution in [2.75, 3.05) is 0 Å².